The van der Waals surface area contributed by atoms with Gasteiger partial charge in [0.15, 0.2) is 0 Å². The molecule has 1 fully saturated rings. The van der Waals surface area contributed by atoms with Crippen LogP contribution in [0, 0.1) is 0 Å². The lowest BCUT2D eigenvalue weighted by Gasteiger charge is -2.36. The molecule has 2 atom stereocenters. The lowest BCUT2D eigenvalue weighted by Crippen LogP contribution is -2.52. The quantitative estimate of drug-likeness (QED) is 0.746. The van der Waals surface area contributed by atoms with Gasteiger partial charge in [-0.3, -0.25) is 9.69 Å². The van der Waals surface area contributed by atoms with Crippen LogP contribution in [0.3, 0.4) is 0 Å². The van der Waals surface area contributed by atoms with Crippen LogP contribution >= 0.6 is 0 Å². The average molecular weight is 258 g/mol. The van der Waals surface area contributed by atoms with Gasteiger partial charge in [0.1, 0.15) is 6.10 Å². The first kappa shape index (κ1) is 15.4. The zero-order valence-corrected chi connectivity index (χ0v) is 11.8. The number of aliphatic hydroxyl groups is 1. The highest BCUT2D eigenvalue weighted by Gasteiger charge is 2.25. The van der Waals surface area contributed by atoms with E-state index in [0.29, 0.717) is 13.2 Å². The van der Waals surface area contributed by atoms with Crippen molar-refractivity contribution in [2.75, 3.05) is 39.3 Å². The summed E-state index contributed by atoms with van der Waals surface area (Å²) in [6, 6.07) is 0. The maximum absolute atomic E-state index is 12.0. The van der Waals surface area contributed by atoms with Gasteiger partial charge in [-0.05, 0) is 20.3 Å². The Kier molecular flexibility index (Phi) is 6.60. The SMILES string of the molecule is CCO[C@H](C)C(=O)N1CCN(C[C@@H](O)CC)CC1. The summed E-state index contributed by atoms with van der Waals surface area (Å²) in [7, 11) is 0. The molecule has 0 aliphatic carbocycles. The molecule has 0 saturated carbocycles. The molecule has 18 heavy (non-hydrogen) atoms. The molecule has 1 aliphatic heterocycles. The first-order chi connectivity index (χ1) is 8.58. The molecule has 106 valence electrons. The van der Waals surface area contributed by atoms with Crippen LogP contribution in [-0.4, -0.2) is 72.4 Å². The zero-order chi connectivity index (χ0) is 13.5. The number of rotatable bonds is 6. The van der Waals surface area contributed by atoms with E-state index in [4.69, 9.17) is 4.74 Å². The highest BCUT2D eigenvalue weighted by atomic mass is 16.5. The number of β-amino-alcohol motifs (C(OH)–C–C–N with tert-alkyl or cyclic N) is 1. The van der Waals surface area contributed by atoms with Gasteiger partial charge in [-0.2, -0.15) is 0 Å². The molecule has 0 aromatic heterocycles. The fourth-order valence-electron chi connectivity index (χ4n) is 2.16. The fourth-order valence-corrected chi connectivity index (χ4v) is 2.16. The zero-order valence-electron chi connectivity index (χ0n) is 11.8. The molecule has 1 rings (SSSR count). The van der Waals surface area contributed by atoms with Crippen molar-refractivity contribution < 1.29 is 14.6 Å². The van der Waals surface area contributed by atoms with Crippen LogP contribution in [0.2, 0.25) is 0 Å². The second-order valence-electron chi connectivity index (χ2n) is 4.79. The Morgan fingerprint density at radius 1 is 1.28 bits per heavy atom. The van der Waals surface area contributed by atoms with E-state index in [9.17, 15) is 9.90 Å². The summed E-state index contributed by atoms with van der Waals surface area (Å²) in [5.41, 5.74) is 0. The number of carbonyl (C=O) groups excluding carboxylic acids is 1. The number of carbonyl (C=O) groups is 1. The average Bonchev–Trinajstić information content (AvgIpc) is 2.39. The van der Waals surface area contributed by atoms with Crippen molar-refractivity contribution in [3.8, 4) is 0 Å². The van der Waals surface area contributed by atoms with Gasteiger partial charge in [-0.25, -0.2) is 0 Å². The second kappa shape index (κ2) is 7.71. The lowest BCUT2D eigenvalue weighted by molar-refractivity contribution is -0.144. The Morgan fingerprint density at radius 2 is 1.89 bits per heavy atom. The number of aliphatic hydroxyl groups excluding tert-OH is 1. The van der Waals surface area contributed by atoms with Gasteiger partial charge in [0.25, 0.3) is 5.91 Å². The third-order valence-electron chi connectivity index (χ3n) is 3.39. The summed E-state index contributed by atoms with van der Waals surface area (Å²) in [5, 5.41) is 9.60. The van der Waals surface area contributed by atoms with Crippen LogP contribution in [0.15, 0.2) is 0 Å². The molecule has 0 radical (unpaired) electrons. The lowest BCUT2D eigenvalue weighted by atomic mass is 10.2. The molecule has 1 N–H and O–H groups in total. The van der Waals surface area contributed by atoms with Crippen LogP contribution in [-0.2, 0) is 9.53 Å². The molecule has 5 nitrogen and oxygen atoms in total. The first-order valence-corrected chi connectivity index (χ1v) is 6.89. The van der Waals surface area contributed by atoms with Crippen molar-refractivity contribution in [2.45, 2.75) is 39.4 Å². The van der Waals surface area contributed by atoms with Crippen LogP contribution in [0.4, 0.5) is 0 Å². The van der Waals surface area contributed by atoms with E-state index in [0.717, 1.165) is 32.6 Å². The fraction of sp³-hybridized carbons (Fsp3) is 0.923. The van der Waals surface area contributed by atoms with Crippen molar-refractivity contribution >= 4 is 5.91 Å². The number of piperazine rings is 1. The highest BCUT2D eigenvalue weighted by molar-refractivity contribution is 5.80. The predicted octanol–water partition coefficient (Wildman–Crippen LogP) is 0.327. The highest BCUT2D eigenvalue weighted by Crippen LogP contribution is 2.07. The molecule has 5 heteroatoms. The van der Waals surface area contributed by atoms with E-state index >= 15 is 0 Å². The molecule has 0 aromatic carbocycles. The summed E-state index contributed by atoms with van der Waals surface area (Å²) in [6.07, 6.45) is 0.179. The van der Waals surface area contributed by atoms with Gasteiger partial charge in [0, 0.05) is 39.3 Å². The third-order valence-corrected chi connectivity index (χ3v) is 3.39. The summed E-state index contributed by atoms with van der Waals surface area (Å²) in [5.74, 6) is 0.0764. The Morgan fingerprint density at radius 3 is 2.39 bits per heavy atom. The minimum absolute atomic E-state index is 0.0764. The monoisotopic (exact) mass is 258 g/mol. The summed E-state index contributed by atoms with van der Waals surface area (Å²) in [4.78, 5) is 16.1. The summed E-state index contributed by atoms with van der Waals surface area (Å²) < 4.78 is 5.32. The maximum Gasteiger partial charge on any atom is 0.251 e. The van der Waals surface area contributed by atoms with Crippen molar-refractivity contribution in [1.29, 1.82) is 0 Å². The Hall–Kier alpha value is -0.650. The van der Waals surface area contributed by atoms with Gasteiger partial charge < -0.3 is 14.7 Å². The number of nitrogens with zero attached hydrogens (tertiary/aromatic N) is 2. The number of ether oxygens (including phenoxy) is 1. The van der Waals surface area contributed by atoms with E-state index in [2.05, 4.69) is 4.90 Å². The maximum atomic E-state index is 12.0. The van der Waals surface area contributed by atoms with E-state index < -0.39 is 0 Å². The predicted molar refractivity (Wildman–Crippen MR) is 70.4 cm³/mol. The van der Waals surface area contributed by atoms with Crippen LogP contribution in [0.25, 0.3) is 0 Å². The van der Waals surface area contributed by atoms with Gasteiger partial charge in [0.05, 0.1) is 6.10 Å². The van der Waals surface area contributed by atoms with Gasteiger partial charge in [0.2, 0.25) is 0 Å². The first-order valence-electron chi connectivity index (χ1n) is 6.89. The molecular formula is C13H26N2O3. The summed E-state index contributed by atoms with van der Waals surface area (Å²) >= 11 is 0. The topological polar surface area (TPSA) is 53.0 Å². The van der Waals surface area contributed by atoms with Gasteiger partial charge >= 0.3 is 0 Å². The van der Waals surface area contributed by atoms with Crippen molar-refractivity contribution in [3.05, 3.63) is 0 Å². The van der Waals surface area contributed by atoms with E-state index in [1.807, 2.05) is 18.7 Å². The Balaban J connectivity index is 2.32. The molecule has 1 amide bonds. The largest absolute Gasteiger partial charge is 0.392 e. The number of hydrogen-bond donors (Lipinski definition) is 1. The molecular weight excluding hydrogens is 232 g/mol. The number of hydrogen-bond acceptors (Lipinski definition) is 4. The van der Waals surface area contributed by atoms with E-state index in [1.54, 1.807) is 6.92 Å². The molecule has 1 saturated heterocycles. The minimum Gasteiger partial charge on any atom is -0.392 e. The molecule has 0 spiro atoms. The third kappa shape index (κ3) is 4.55. The van der Waals surface area contributed by atoms with Crippen LogP contribution < -0.4 is 0 Å². The van der Waals surface area contributed by atoms with E-state index in [1.165, 1.54) is 0 Å². The standard InChI is InChI=1S/C13H26N2O3/c1-4-12(16)10-14-6-8-15(9-7-14)13(17)11(3)18-5-2/h11-12,16H,4-10H2,1-3H3/t11-,12+/m1/s1. The molecule has 0 bridgehead atoms. The van der Waals surface area contributed by atoms with Gasteiger partial charge in [-0.1, -0.05) is 6.92 Å². The van der Waals surface area contributed by atoms with Crippen molar-refractivity contribution in [2.24, 2.45) is 0 Å². The normalized spacial score (nSPS) is 20.8. The van der Waals surface area contributed by atoms with E-state index in [-0.39, 0.29) is 18.1 Å². The molecule has 1 aliphatic rings. The van der Waals surface area contributed by atoms with Crippen molar-refractivity contribution in [1.82, 2.24) is 9.80 Å². The van der Waals surface area contributed by atoms with Crippen LogP contribution in [0.5, 0.6) is 0 Å². The Labute approximate surface area is 110 Å². The number of amides is 1. The minimum atomic E-state index is -0.345. The molecule has 0 unspecified atom stereocenters. The van der Waals surface area contributed by atoms with Crippen molar-refractivity contribution in [3.63, 3.8) is 0 Å². The van der Waals surface area contributed by atoms with Crippen LogP contribution in [0.1, 0.15) is 27.2 Å². The Bertz CT molecular complexity index is 253. The summed E-state index contributed by atoms with van der Waals surface area (Å²) in [6.45, 7) is 10.1. The second-order valence-corrected chi connectivity index (χ2v) is 4.79. The van der Waals surface area contributed by atoms with Gasteiger partial charge in [-0.15, -0.1) is 0 Å². The molecule has 1 heterocycles. The molecule has 0 aromatic rings. The smallest absolute Gasteiger partial charge is 0.251 e.